The molecule has 0 aliphatic carbocycles. The topological polar surface area (TPSA) is 47.1 Å². The van der Waals surface area contributed by atoms with Gasteiger partial charge in [-0.1, -0.05) is 6.07 Å². The van der Waals surface area contributed by atoms with Crippen molar-refractivity contribution in [1.82, 2.24) is 24.5 Å². The second-order valence-corrected chi connectivity index (χ2v) is 4.98. The summed E-state index contributed by atoms with van der Waals surface area (Å²) in [5.41, 5.74) is 4.43. The Bertz CT molecular complexity index is 710. The fraction of sp³-hybridized carbons (Fsp3) is 0.333. The van der Waals surface area contributed by atoms with Gasteiger partial charge in [0.15, 0.2) is 0 Å². The van der Waals surface area contributed by atoms with Gasteiger partial charge in [-0.3, -0.25) is 4.68 Å². The van der Waals surface area contributed by atoms with Crippen molar-refractivity contribution in [2.75, 3.05) is 6.54 Å². The van der Waals surface area contributed by atoms with Crippen LogP contribution < -0.4 is 5.32 Å². The molecule has 0 unspecified atom stereocenters. The van der Waals surface area contributed by atoms with E-state index in [-0.39, 0.29) is 0 Å². The molecule has 3 heterocycles. The van der Waals surface area contributed by atoms with E-state index in [2.05, 4.69) is 39.0 Å². The third kappa shape index (κ3) is 2.58. The molecule has 0 fully saturated rings. The molecule has 5 heteroatoms. The van der Waals surface area contributed by atoms with Crippen molar-refractivity contribution in [3.63, 3.8) is 0 Å². The van der Waals surface area contributed by atoms with Gasteiger partial charge < -0.3 is 9.72 Å². The number of hydrogen-bond donors (Lipinski definition) is 1. The average Bonchev–Trinajstić information content (AvgIpc) is 2.98. The number of imidazole rings is 1. The van der Waals surface area contributed by atoms with Gasteiger partial charge in [0.2, 0.25) is 0 Å². The van der Waals surface area contributed by atoms with Crippen molar-refractivity contribution < 1.29 is 0 Å². The highest BCUT2D eigenvalue weighted by atomic mass is 15.2. The molecule has 0 spiro atoms. The summed E-state index contributed by atoms with van der Waals surface area (Å²) < 4.78 is 3.98. The lowest BCUT2D eigenvalue weighted by atomic mass is 10.3. The highest BCUT2D eigenvalue weighted by molar-refractivity contribution is 5.42. The summed E-state index contributed by atoms with van der Waals surface area (Å²) in [5.74, 6) is 0. The summed E-state index contributed by atoms with van der Waals surface area (Å²) in [7, 11) is 1.94. The van der Waals surface area contributed by atoms with Crippen molar-refractivity contribution in [3.05, 3.63) is 53.7 Å². The summed E-state index contributed by atoms with van der Waals surface area (Å²) in [5, 5.41) is 7.84. The Morgan fingerprint density at radius 3 is 2.90 bits per heavy atom. The lowest BCUT2D eigenvalue weighted by Gasteiger charge is -2.05. The first-order valence-corrected chi connectivity index (χ1v) is 6.86. The third-order valence-electron chi connectivity index (χ3n) is 3.45. The largest absolute Gasteiger partial charge is 0.311 e. The first-order valence-electron chi connectivity index (χ1n) is 6.86. The summed E-state index contributed by atoms with van der Waals surface area (Å²) in [6.45, 7) is 3.79. The van der Waals surface area contributed by atoms with Gasteiger partial charge in [0, 0.05) is 39.0 Å². The lowest BCUT2D eigenvalue weighted by Crippen LogP contribution is -2.18. The molecule has 5 nitrogen and oxygen atoms in total. The van der Waals surface area contributed by atoms with Crippen LogP contribution >= 0.6 is 0 Å². The third-order valence-corrected chi connectivity index (χ3v) is 3.45. The minimum absolute atomic E-state index is 0.823. The van der Waals surface area contributed by atoms with Gasteiger partial charge in [0.1, 0.15) is 5.65 Å². The highest BCUT2D eigenvalue weighted by Crippen LogP contribution is 2.11. The number of nitrogens with zero attached hydrogens (tertiary/aromatic N) is 4. The molecule has 0 atom stereocenters. The minimum Gasteiger partial charge on any atom is -0.311 e. The standard InChI is InChI=1S/C15H19N5/c1-12-14(20-9-4-3-5-15(20)17-12)11-16-8-6-13-7-10-19(2)18-13/h3-5,7,9-10,16H,6,8,11H2,1-2H3. The van der Waals surface area contributed by atoms with Crippen LogP contribution in [0.25, 0.3) is 5.65 Å². The van der Waals surface area contributed by atoms with Gasteiger partial charge >= 0.3 is 0 Å². The van der Waals surface area contributed by atoms with Crippen LogP contribution in [0.5, 0.6) is 0 Å². The number of nitrogens with one attached hydrogen (secondary N) is 1. The molecule has 0 bridgehead atoms. The van der Waals surface area contributed by atoms with Crippen molar-refractivity contribution in [2.24, 2.45) is 7.05 Å². The normalized spacial score (nSPS) is 11.3. The average molecular weight is 269 g/mol. The van der Waals surface area contributed by atoms with E-state index in [1.165, 1.54) is 5.69 Å². The number of aryl methyl sites for hydroxylation is 2. The van der Waals surface area contributed by atoms with Crippen molar-refractivity contribution >= 4 is 5.65 Å². The molecule has 3 aromatic rings. The van der Waals surface area contributed by atoms with Crippen molar-refractivity contribution in [1.29, 1.82) is 0 Å². The molecule has 0 saturated carbocycles. The summed E-state index contributed by atoms with van der Waals surface area (Å²) in [4.78, 5) is 4.56. The lowest BCUT2D eigenvalue weighted by molar-refractivity contribution is 0.652. The van der Waals surface area contributed by atoms with Gasteiger partial charge in [0.25, 0.3) is 0 Å². The Morgan fingerprint density at radius 1 is 1.20 bits per heavy atom. The fourth-order valence-electron chi connectivity index (χ4n) is 2.40. The van der Waals surface area contributed by atoms with Gasteiger partial charge in [-0.15, -0.1) is 0 Å². The Kier molecular flexibility index (Phi) is 3.52. The number of fused-ring (bicyclic) bond motifs is 1. The number of aromatic nitrogens is 4. The predicted molar refractivity (Wildman–Crippen MR) is 78.5 cm³/mol. The molecule has 3 rings (SSSR count). The molecular weight excluding hydrogens is 250 g/mol. The molecule has 0 aliphatic heterocycles. The Hall–Kier alpha value is -2.14. The number of pyridine rings is 1. The summed E-state index contributed by atoms with van der Waals surface area (Å²) in [6, 6.07) is 8.14. The van der Waals surface area contributed by atoms with E-state index < -0.39 is 0 Å². The molecule has 0 radical (unpaired) electrons. The molecule has 20 heavy (non-hydrogen) atoms. The first-order chi connectivity index (χ1) is 9.74. The second-order valence-electron chi connectivity index (χ2n) is 4.98. The molecule has 0 aromatic carbocycles. The van der Waals surface area contributed by atoms with Crippen LogP contribution in [0.4, 0.5) is 0 Å². The zero-order valence-electron chi connectivity index (χ0n) is 11.9. The zero-order valence-corrected chi connectivity index (χ0v) is 11.9. The van der Waals surface area contributed by atoms with Gasteiger partial charge in [-0.2, -0.15) is 5.10 Å². The Labute approximate surface area is 118 Å². The minimum atomic E-state index is 0.823. The van der Waals surface area contributed by atoms with Crippen LogP contribution in [0.15, 0.2) is 36.7 Å². The van der Waals surface area contributed by atoms with Gasteiger partial charge in [0.05, 0.1) is 17.1 Å². The zero-order chi connectivity index (χ0) is 13.9. The van der Waals surface area contributed by atoms with Crippen LogP contribution in [-0.2, 0) is 20.0 Å². The fourth-order valence-corrected chi connectivity index (χ4v) is 2.40. The first kappa shape index (κ1) is 12.9. The molecule has 104 valence electrons. The number of rotatable bonds is 5. The number of hydrogen-bond acceptors (Lipinski definition) is 3. The van der Waals surface area contributed by atoms with E-state index in [4.69, 9.17) is 0 Å². The smallest absolute Gasteiger partial charge is 0.137 e. The molecule has 0 aliphatic rings. The highest BCUT2D eigenvalue weighted by Gasteiger charge is 2.07. The SMILES string of the molecule is Cc1nc2ccccn2c1CNCCc1ccn(C)n1. The van der Waals surface area contributed by atoms with E-state index in [1.54, 1.807) is 0 Å². The Morgan fingerprint density at radius 2 is 2.10 bits per heavy atom. The van der Waals surface area contributed by atoms with Crippen LogP contribution in [-0.4, -0.2) is 25.7 Å². The van der Waals surface area contributed by atoms with Gasteiger partial charge in [-0.25, -0.2) is 4.98 Å². The van der Waals surface area contributed by atoms with Crippen LogP contribution in [0, 0.1) is 6.92 Å². The van der Waals surface area contributed by atoms with Crippen molar-refractivity contribution in [2.45, 2.75) is 19.9 Å². The van der Waals surface area contributed by atoms with E-state index in [9.17, 15) is 0 Å². The molecule has 0 amide bonds. The van der Waals surface area contributed by atoms with E-state index in [1.807, 2.05) is 36.1 Å². The predicted octanol–water partition coefficient (Wildman–Crippen LogP) is 1.71. The summed E-state index contributed by atoms with van der Waals surface area (Å²) >= 11 is 0. The van der Waals surface area contributed by atoms with Crippen LogP contribution in [0.2, 0.25) is 0 Å². The maximum absolute atomic E-state index is 4.56. The maximum atomic E-state index is 4.56. The Balaban J connectivity index is 1.61. The monoisotopic (exact) mass is 269 g/mol. The molecule has 0 saturated heterocycles. The van der Waals surface area contributed by atoms with Crippen LogP contribution in [0.1, 0.15) is 17.1 Å². The van der Waals surface area contributed by atoms with Crippen LogP contribution in [0.3, 0.4) is 0 Å². The molecule has 3 aromatic heterocycles. The second kappa shape index (κ2) is 5.46. The molecule has 1 N–H and O–H groups in total. The quantitative estimate of drug-likeness (QED) is 0.717. The van der Waals surface area contributed by atoms with E-state index in [0.29, 0.717) is 0 Å². The van der Waals surface area contributed by atoms with E-state index >= 15 is 0 Å². The van der Waals surface area contributed by atoms with Gasteiger partial charge in [-0.05, 0) is 25.1 Å². The molecular formula is C15H19N5. The maximum Gasteiger partial charge on any atom is 0.137 e. The van der Waals surface area contributed by atoms with Crippen molar-refractivity contribution in [3.8, 4) is 0 Å². The van der Waals surface area contributed by atoms with E-state index in [0.717, 1.165) is 36.5 Å². The summed E-state index contributed by atoms with van der Waals surface area (Å²) in [6.07, 6.45) is 4.98.